The second-order valence-corrected chi connectivity index (χ2v) is 7.37. The van der Waals surface area contributed by atoms with Gasteiger partial charge in [0.15, 0.2) is 18.1 Å². The molecule has 3 aromatic carbocycles. The van der Waals surface area contributed by atoms with Gasteiger partial charge in [-0.3, -0.25) is 4.79 Å². The Morgan fingerprint density at radius 1 is 1.00 bits per heavy atom. The van der Waals surface area contributed by atoms with Crippen LogP contribution in [0.15, 0.2) is 78.0 Å². The summed E-state index contributed by atoms with van der Waals surface area (Å²) in [5.74, 6) is 1.09. The molecule has 6 nitrogen and oxygen atoms in total. The fourth-order valence-corrected chi connectivity index (χ4v) is 3.05. The number of carbonyl (C=O) groups is 1. The van der Waals surface area contributed by atoms with E-state index in [9.17, 15) is 4.79 Å². The zero-order valence-corrected chi connectivity index (χ0v) is 18.7. The van der Waals surface area contributed by atoms with Crippen LogP contribution in [0, 0.1) is 6.92 Å². The number of amides is 1. The van der Waals surface area contributed by atoms with Crippen LogP contribution in [-0.2, 0) is 22.8 Å². The van der Waals surface area contributed by atoms with Gasteiger partial charge in [0.25, 0.3) is 5.91 Å². The maximum Gasteiger partial charge on any atom is 0.263 e. The molecule has 6 heteroatoms. The van der Waals surface area contributed by atoms with Crippen molar-refractivity contribution < 1.29 is 19.1 Å². The standard InChI is InChI=1S/C26H28N2O4/c1-20-9-7-8-12-23(20)17-28(2)26(29)19-32-27-16-22-13-14-24(25(15-22)30-3)31-18-21-10-5-4-6-11-21/h4-16H,17-19H2,1-3H3/b27-16+. The number of nitrogens with zero attached hydrogens (tertiary/aromatic N) is 2. The summed E-state index contributed by atoms with van der Waals surface area (Å²) in [6.07, 6.45) is 1.54. The highest BCUT2D eigenvalue weighted by atomic mass is 16.6. The number of methoxy groups -OCH3 is 1. The fourth-order valence-electron chi connectivity index (χ4n) is 3.05. The molecule has 0 bridgehead atoms. The van der Waals surface area contributed by atoms with Crippen LogP contribution in [0.2, 0.25) is 0 Å². The number of carbonyl (C=O) groups excluding carboxylic acids is 1. The lowest BCUT2D eigenvalue weighted by molar-refractivity contribution is -0.135. The maximum atomic E-state index is 12.3. The maximum absolute atomic E-state index is 12.3. The van der Waals surface area contributed by atoms with E-state index in [2.05, 4.69) is 5.16 Å². The summed E-state index contributed by atoms with van der Waals surface area (Å²) in [7, 11) is 3.34. The number of hydrogen-bond acceptors (Lipinski definition) is 5. The third-order valence-corrected chi connectivity index (χ3v) is 4.98. The number of hydrogen-bond donors (Lipinski definition) is 0. The minimum absolute atomic E-state index is 0.131. The Bertz CT molecular complexity index is 1050. The van der Waals surface area contributed by atoms with Gasteiger partial charge in [-0.05, 0) is 41.8 Å². The Morgan fingerprint density at radius 2 is 1.75 bits per heavy atom. The van der Waals surface area contributed by atoms with Crippen LogP contribution in [0.25, 0.3) is 0 Å². The molecule has 0 spiro atoms. The van der Waals surface area contributed by atoms with E-state index < -0.39 is 0 Å². The van der Waals surface area contributed by atoms with Gasteiger partial charge < -0.3 is 19.2 Å². The molecule has 0 fully saturated rings. The third kappa shape index (κ3) is 6.60. The minimum atomic E-state index is -0.146. The normalized spacial score (nSPS) is 10.7. The number of benzene rings is 3. The number of ether oxygens (including phenoxy) is 2. The summed E-state index contributed by atoms with van der Waals surface area (Å²) in [5.41, 5.74) is 4.10. The van der Waals surface area contributed by atoms with Gasteiger partial charge in [0.2, 0.25) is 0 Å². The smallest absolute Gasteiger partial charge is 0.263 e. The molecule has 0 saturated carbocycles. The van der Waals surface area contributed by atoms with Crippen molar-refractivity contribution >= 4 is 12.1 Å². The number of likely N-dealkylation sites (N-methyl/N-ethyl adjacent to an activating group) is 1. The molecule has 0 aliphatic heterocycles. The second-order valence-electron chi connectivity index (χ2n) is 7.37. The lowest BCUT2D eigenvalue weighted by Gasteiger charge is -2.17. The van der Waals surface area contributed by atoms with Gasteiger partial charge in [0.1, 0.15) is 6.61 Å². The highest BCUT2D eigenvalue weighted by Crippen LogP contribution is 2.28. The second kappa shape index (κ2) is 11.6. The quantitative estimate of drug-likeness (QED) is 0.347. The first-order valence-corrected chi connectivity index (χ1v) is 10.4. The molecule has 3 rings (SSSR count). The first kappa shape index (κ1) is 22.9. The Balaban J connectivity index is 1.50. The number of rotatable bonds is 10. The van der Waals surface area contributed by atoms with Crippen molar-refractivity contribution in [3.8, 4) is 11.5 Å². The number of aryl methyl sites for hydroxylation is 1. The first-order chi connectivity index (χ1) is 15.6. The van der Waals surface area contributed by atoms with E-state index in [0.29, 0.717) is 24.7 Å². The molecule has 3 aromatic rings. The van der Waals surface area contributed by atoms with E-state index in [1.165, 1.54) is 6.21 Å². The third-order valence-electron chi connectivity index (χ3n) is 4.98. The molecular formula is C26H28N2O4. The molecular weight excluding hydrogens is 404 g/mol. The molecule has 0 unspecified atom stereocenters. The lowest BCUT2D eigenvalue weighted by Crippen LogP contribution is -2.29. The monoisotopic (exact) mass is 432 g/mol. The Morgan fingerprint density at radius 3 is 2.50 bits per heavy atom. The fraction of sp³-hybridized carbons (Fsp3) is 0.231. The summed E-state index contributed by atoms with van der Waals surface area (Å²) >= 11 is 0. The molecule has 0 aromatic heterocycles. The highest BCUT2D eigenvalue weighted by Gasteiger charge is 2.11. The molecule has 0 atom stereocenters. The Kier molecular flexibility index (Phi) is 8.26. The average Bonchev–Trinajstić information content (AvgIpc) is 2.82. The van der Waals surface area contributed by atoms with Crippen LogP contribution in [0.4, 0.5) is 0 Å². The van der Waals surface area contributed by atoms with Gasteiger partial charge in [-0.2, -0.15) is 0 Å². The summed E-state index contributed by atoms with van der Waals surface area (Å²) in [5, 5.41) is 3.92. The van der Waals surface area contributed by atoms with E-state index in [1.54, 1.807) is 25.1 Å². The van der Waals surface area contributed by atoms with Crippen LogP contribution in [0.5, 0.6) is 11.5 Å². The molecule has 166 valence electrons. The van der Waals surface area contributed by atoms with Crippen LogP contribution in [0.3, 0.4) is 0 Å². The van der Waals surface area contributed by atoms with Gasteiger partial charge in [-0.15, -0.1) is 0 Å². The zero-order valence-electron chi connectivity index (χ0n) is 18.7. The van der Waals surface area contributed by atoms with E-state index in [4.69, 9.17) is 14.3 Å². The van der Waals surface area contributed by atoms with Gasteiger partial charge >= 0.3 is 0 Å². The summed E-state index contributed by atoms with van der Waals surface area (Å²) < 4.78 is 11.3. The Labute approximate surface area is 189 Å². The average molecular weight is 433 g/mol. The predicted molar refractivity (Wildman–Crippen MR) is 125 cm³/mol. The number of oxime groups is 1. The minimum Gasteiger partial charge on any atom is -0.493 e. The SMILES string of the molecule is COc1cc(/C=N/OCC(=O)N(C)Cc2ccccc2C)ccc1OCc1ccccc1. The van der Waals surface area contributed by atoms with Crippen molar-refractivity contribution in [1.82, 2.24) is 4.90 Å². The summed E-state index contributed by atoms with van der Waals surface area (Å²) in [6.45, 7) is 2.88. The van der Waals surface area contributed by atoms with Gasteiger partial charge in [0.05, 0.1) is 13.3 Å². The van der Waals surface area contributed by atoms with Crippen molar-refractivity contribution in [2.75, 3.05) is 20.8 Å². The predicted octanol–water partition coefficient (Wildman–Crippen LogP) is 4.59. The van der Waals surface area contributed by atoms with Crippen molar-refractivity contribution in [3.63, 3.8) is 0 Å². The molecule has 0 aliphatic rings. The highest BCUT2D eigenvalue weighted by molar-refractivity contribution is 5.81. The lowest BCUT2D eigenvalue weighted by atomic mass is 10.1. The van der Waals surface area contributed by atoms with Gasteiger partial charge in [-0.25, -0.2) is 0 Å². The molecule has 32 heavy (non-hydrogen) atoms. The van der Waals surface area contributed by atoms with Gasteiger partial charge in [-0.1, -0.05) is 59.8 Å². The van der Waals surface area contributed by atoms with Crippen molar-refractivity contribution in [1.29, 1.82) is 0 Å². The molecule has 0 aliphatic carbocycles. The summed E-state index contributed by atoms with van der Waals surface area (Å²) in [6, 6.07) is 23.4. The first-order valence-electron chi connectivity index (χ1n) is 10.4. The van der Waals surface area contributed by atoms with Crippen molar-refractivity contribution in [2.45, 2.75) is 20.1 Å². The molecule has 0 N–H and O–H groups in total. The van der Waals surface area contributed by atoms with Crippen LogP contribution >= 0.6 is 0 Å². The van der Waals surface area contributed by atoms with E-state index in [-0.39, 0.29) is 12.5 Å². The van der Waals surface area contributed by atoms with Crippen molar-refractivity contribution in [3.05, 3.63) is 95.1 Å². The van der Waals surface area contributed by atoms with Crippen LogP contribution in [-0.4, -0.2) is 37.8 Å². The van der Waals surface area contributed by atoms with E-state index in [1.807, 2.05) is 73.7 Å². The molecule has 1 amide bonds. The van der Waals surface area contributed by atoms with E-state index >= 15 is 0 Å². The topological polar surface area (TPSA) is 60.4 Å². The van der Waals surface area contributed by atoms with Gasteiger partial charge in [0, 0.05) is 19.2 Å². The van der Waals surface area contributed by atoms with Crippen LogP contribution in [0.1, 0.15) is 22.3 Å². The molecule has 0 heterocycles. The van der Waals surface area contributed by atoms with E-state index in [0.717, 1.165) is 22.3 Å². The molecule has 0 saturated heterocycles. The zero-order chi connectivity index (χ0) is 22.8. The summed E-state index contributed by atoms with van der Waals surface area (Å²) in [4.78, 5) is 19.1. The largest absolute Gasteiger partial charge is 0.493 e. The Hall–Kier alpha value is -3.80. The molecule has 0 radical (unpaired) electrons. The van der Waals surface area contributed by atoms with Crippen LogP contribution < -0.4 is 9.47 Å². The van der Waals surface area contributed by atoms with Crippen molar-refractivity contribution in [2.24, 2.45) is 5.16 Å².